The van der Waals surface area contributed by atoms with Gasteiger partial charge in [-0.3, -0.25) is 4.79 Å². The van der Waals surface area contributed by atoms with Crippen LogP contribution in [0.2, 0.25) is 10.0 Å². The van der Waals surface area contributed by atoms with Gasteiger partial charge in [0, 0.05) is 28.6 Å². The van der Waals surface area contributed by atoms with Crippen LogP contribution < -0.4 is 5.32 Å². The fourth-order valence-corrected chi connectivity index (χ4v) is 2.89. The van der Waals surface area contributed by atoms with E-state index in [2.05, 4.69) is 15.5 Å². The van der Waals surface area contributed by atoms with Crippen LogP contribution in [0.5, 0.6) is 0 Å². The van der Waals surface area contributed by atoms with E-state index in [4.69, 9.17) is 23.2 Å². The van der Waals surface area contributed by atoms with E-state index < -0.39 is 0 Å². The highest BCUT2D eigenvalue weighted by molar-refractivity contribution is 6.31. The van der Waals surface area contributed by atoms with E-state index in [0.29, 0.717) is 27.0 Å². The Kier molecular flexibility index (Phi) is 4.66. The molecule has 0 unspecified atom stereocenters. The molecule has 0 atom stereocenters. The quantitative estimate of drug-likeness (QED) is 0.546. The van der Waals surface area contributed by atoms with Crippen molar-refractivity contribution in [2.24, 2.45) is 0 Å². The van der Waals surface area contributed by atoms with Crippen molar-refractivity contribution in [1.29, 1.82) is 0 Å². The number of amides is 1. The monoisotopic (exact) mass is 397 g/mol. The molecule has 0 aliphatic carbocycles. The second-order valence-corrected chi connectivity index (χ2v) is 6.59. The van der Waals surface area contributed by atoms with Gasteiger partial charge >= 0.3 is 0 Å². The molecule has 27 heavy (non-hydrogen) atoms. The molecule has 2 aromatic heterocycles. The molecule has 1 N–H and O–H groups in total. The zero-order valence-corrected chi connectivity index (χ0v) is 15.4. The van der Waals surface area contributed by atoms with E-state index >= 15 is 0 Å². The number of carbonyl (C=O) groups excluding carboxylic acids is 1. The molecule has 4 aromatic rings. The van der Waals surface area contributed by atoms with Gasteiger partial charge in [-0.25, -0.2) is 9.36 Å². The molecule has 0 spiro atoms. The predicted octanol–water partition coefficient (Wildman–Crippen LogP) is 4.62. The fourth-order valence-electron chi connectivity index (χ4n) is 2.59. The molecule has 1 amide bonds. The van der Waals surface area contributed by atoms with Gasteiger partial charge in [-0.15, -0.1) is 0 Å². The Balaban J connectivity index is 1.60. The third-order valence-electron chi connectivity index (χ3n) is 3.89. The Hall–Kier alpha value is -3.09. The molecule has 0 aliphatic heterocycles. The Morgan fingerprint density at radius 1 is 0.963 bits per heavy atom. The molecule has 134 valence electrons. The minimum atomic E-state index is -0.300. The SMILES string of the molecule is O=C(Nc1cc(Cl)ccc1-n1cccn1)c1cnn(-c2ccc(Cl)cc2)c1. The number of benzene rings is 2. The zero-order valence-electron chi connectivity index (χ0n) is 13.9. The number of hydrogen-bond acceptors (Lipinski definition) is 3. The number of carbonyl (C=O) groups is 1. The van der Waals surface area contributed by atoms with Crippen molar-refractivity contribution < 1.29 is 4.79 Å². The first-order valence-corrected chi connectivity index (χ1v) is 8.77. The van der Waals surface area contributed by atoms with Gasteiger partial charge < -0.3 is 5.32 Å². The van der Waals surface area contributed by atoms with Gasteiger partial charge in [-0.2, -0.15) is 10.2 Å². The van der Waals surface area contributed by atoms with Crippen LogP contribution in [-0.2, 0) is 0 Å². The zero-order chi connectivity index (χ0) is 18.8. The minimum Gasteiger partial charge on any atom is -0.320 e. The minimum absolute atomic E-state index is 0.300. The molecular weight excluding hydrogens is 385 g/mol. The number of anilines is 1. The maximum absolute atomic E-state index is 12.7. The first-order valence-electron chi connectivity index (χ1n) is 8.02. The van der Waals surface area contributed by atoms with Gasteiger partial charge in [0.25, 0.3) is 5.91 Å². The van der Waals surface area contributed by atoms with E-state index in [1.807, 2.05) is 12.1 Å². The molecule has 0 fully saturated rings. The highest BCUT2D eigenvalue weighted by Gasteiger charge is 2.13. The molecule has 0 aliphatic rings. The summed E-state index contributed by atoms with van der Waals surface area (Å²) in [6.45, 7) is 0. The van der Waals surface area contributed by atoms with Gasteiger partial charge in [0.2, 0.25) is 0 Å². The molecule has 2 aromatic carbocycles. The lowest BCUT2D eigenvalue weighted by Gasteiger charge is -2.11. The van der Waals surface area contributed by atoms with Crippen LogP contribution in [-0.4, -0.2) is 25.5 Å². The summed E-state index contributed by atoms with van der Waals surface area (Å²) in [6, 6.07) is 14.2. The number of rotatable bonds is 4. The summed E-state index contributed by atoms with van der Waals surface area (Å²) in [4.78, 5) is 12.7. The fraction of sp³-hybridized carbons (Fsp3) is 0. The molecular formula is C19H13Cl2N5O. The van der Waals surface area contributed by atoms with Crippen LogP contribution in [0.4, 0.5) is 5.69 Å². The highest BCUT2D eigenvalue weighted by Crippen LogP contribution is 2.25. The molecule has 0 bridgehead atoms. The Morgan fingerprint density at radius 3 is 2.48 bits per heavy atom. The first-order chi connectivity index (χ1) is 13.1. The van der Waals surface area contributed by atoms with Crippen LogP contribution >= 0.6 is 23.2 Å². The lowest BCUT2D eigenvalue weighted by Crippen LogP contribution is -2.13. The van der Waals surface area contributed by atoms with Crippen LogP contribution in [0, 0.1) is 0 Å². The van der Waals surface area contributed by atoms with Gasteiger partial charge in [0.05, 0.1) is 28.8 Å². The predicted molar refractivity (Wildman–Crippen MR) is 105 cm³/mol. The molecule has 4 rings (SSSR count). The first kappa shape index (κ1) is 17.3. The van der Waals surface area contributed by atoms with Crippen LogP contribution in [0.25, 0.3) is 11.4 Å². The van der Waals surface area contributed by atoms with Crippen molar-refractivity contribution in [3.63, 3.8) is 0 Å². The van der Waals surface area contributed by atoms with Gasteiger partial charge in [0.15, 0.2) is 0 Å². The number of aromatic nitrogens is 4. The topological polar surface area (TPSA) is 64.7 Å². The summed E-state index contributed by atoms with van der Waals surface area (Å²) in [5, 5.41) is 12.5. The van der Waals surface area contributed by atoms with Crippen molar-refractivity contribution >= 4 is 34.8 Å². The second kappa shape index (κ2) is 7.26. The van der Waals surface area contributed by atoms with Gasteiger partial charge in [-0.1, -0.05) is 23.2 Å². The van der Waals surface area contributed by atoms with Crippen molar-refractivity contribution in [1.82, 2.24) is 19.6 Å². The normalized spacial score (nSPS) is 10.7. The lowest BCUT2D eigenvalue weighted by molar-refractivity contribution is 0.102. The summed E-state index contributed by atoms with van der Waals surface area (Å²) in [7, 11) is 0. The third-order valence-corrected chi connectivity index (χ3v) is 4.38. The Bertz CT molecular complexity index is 1090. The summed E-state index contributed by atoms with van der Waals surface area (Å²) in [5.41, 5.74) is 2.48. The second-order valence-electron chi connectivity index (χ2n) is 5.72. The molecule has 0 radical (unpaired) electrons. The van der Waals surface area contributed by atoms with Crippen LogP contribution in [0.15, 0.2) is 73.3 Å². The Labute approximate surface area is 165 Å². The summed E-state index contributed by atoms with van der Waals surface area (Å²) >= 11 is 12.0. The maximum Gasteiger partial charge on any atom is 0.258 e. The van der Waals surface area contributed by atoms with Crippen molar-refractivity contribution in [3.05, 3.63) is 88.9 Å². The van der Waals surface area contributed by atoms with E-state index in [1.54, 1.807) is 64.4 Å². The highest BCUT2D eigenvalue weighted by atomic mass is 35.5. The van der Waals surface area contributed by atoms with Crippen LogP contribution in [0.3, 0.4) is 0 Å². The van der Waals surface area contributed by atoms with E-state index in [0.717, 1.165) is 5.69 Å². The summed E-state index contributed by atoms with van der Waals surface area (Å²) in [5.74, 6) is -0.300. The van der Waals surface area contributed by atoms with E-state index in [1.165, 1.54) is 6.20 Å². The number of nitrogens with one attached hydrogen (secondary N) is 1. The van der Waals surface area contributed by atoms with E-state index in [9.17, 15) is 4.79 Å². The molecule has 8 heteroatoms. The number of halogens is 2. The number of hydrogen-bond donors (Lipinski definition) is 1. The van der Waals surface area contributed by atoms with E-state index in [-0.39, 0.29) is 5.91 Å². The third kappa shape index (κ3) is 3.72. The average molecular weight is 398 g/mol. The largest absolute Gasteiger partial charge is 0.320 e. The maximum atomic E-state index is 12.7. The van der Waals surface area contributed by atoms with Crippen molar-refractivity contribution in [2.75, 3.05) is 5.32 Å². The summed E-state index contributed by atoms with van der Waals surface area (Å²) < 4.78 is 3.26. The molecule has 2 heterocycles. The smallest absolute Gasteiger partial charge is 0.258 e. The van der Waals surface area contributed by atoms with Crippen molar-refractivity contribution in [2.45, 2.75) is 0 Å². The van der Waals surface area contributed by atoms with Gasteiger partial charge in [-0.05, 0) is 48.5 Å². The van der Waals surface area contributed by atoms with Crippen molar-refractivity contribution in [3.8, 4) is 11.4 Å². The average Bonchev–Trinajstić information content (AvgIpc) is 3.35. The van der Waals surface area contributed by atoms with Crippen LogP contribution in [0.1, 0.15) is 10.4 Å². The lowest BCUT2D eigenvalue weighted by atomic mass is 10.2. The standard InChI is InChI=1S/C19H13Cl2N5O/c20-14-2-5-16(6-3-14)26-12-13(11-23-26)19(27)24-17-10-15(21)4-7-18(17)25-9-1-8-22-25/h1-12H,(H,24,27). The molecule has 0 saturated heterocycles. The molecule has 0 saturated carbocycles. The Morgan fingerprint density at radius 2 is 1.74 bits per heavy atom. The number of nitrogens with zero attached hydrogens (tertiary/aromatic N) is 4. The molecule has 6 nitrogen and oxygen atoms in total. The van der Waals surface area contributed by atoms with Gasteiger partial charge in [0.1, 0.15) is 0 Å². The summed E-state index contributed by atoms with van der Waals surface area (Å²) in [6.07, 6.45) is 6.60.